The summed E-state index contributed by atoms with van der Waals surface area (Å²) in [6, 6.07) is 7.09. The van der Waals surface area contributed by atoms with E-state index in [1.165, 1.54) is 19.3 Å². The largest absolute Gasteiger partial charge is 0.351 e. The molecule has 3 aliphatic rings. The van der Waals surface area contributed by atoms with E-state index in [1.807, 2.05) is 49.9 Å². The molecular weight excluding hydrogens is 547 g/mol. The van der Waals surface area contributed by atoms with E-state index in [0.717, 1.165) is 37.8 Å². The number of carbonyl (C=O) groups is 3. The molecule has 0 unspecified atom stereocenters. The van der Waals surface area contributed by atoms with Gasteiger partial charge in [0.1, 0.15) is 0 Å². The zero-order chi connectivity index (χ0) is 28.0. The van der Waals surface area contributed by atoms with Crippen molar-refractivity contribution >= 4 is 41.7 Å². The van der Waals surface area contributed by atoms with Gasteiger partial charge in [0.15, 0.2) is 0 Å². The molecule has 7 nitrogen and oxygen atoms in total. The van der Waals surface area contributed by atoms with E-state index in [4.69, 9.17) is 11.6 Å². The Kier molecular flexibility index (Phi) is 11.7. The molecule has 3 N–H and O–H groups in total. The van der Waals surface area contributed by atoms with E-state index < -0.39 is 5.41 Å². The maximum atomic E-state index is 13.7. The Morgan fingerprint density at radius 1 is 1.02 bits per heavy atom. The van der Waals surface area contributed by atoms with E-state index in [-0.39, 0.29) is 54.2 Å². The molecule has 40 heavy (non-hydrogen) atoms. The zero-order valence-electron chi connectivity index (χ0n) is 24.4. The Hall–Kier alpha value is -1.83. The fourth-order valence-electron chi connectivity index (χ4n) is 6.73. The second-order valence-electron chi connectivity index (χ2n) is 13.0. The fraction of sp³-hybridized carbons (Fsp3) is 0.710. The van der Waals surface area contributed by atoms with Crippen LogP contribution in [-0.2, 0) is 20.8 Å². The first kappa shape index (κ1) is 32.7. The highest BCUT2D eigenvalue weighted by Crippen LogP contribution is 2.46. The molecule has 0 spiro atoms. The van der Waals surface area contributed by atoms with E-state index in [1.54, 1.807) is 0 Å². The molecule has 0 radical (unpaired) electrons. The number of carbonyl (C=O) groups excluding carboxylic acids is 3. The van der Waals surface area contributed by atoms with Gasteiger partial charge in [-0.05, 0) is 95.9 Å². The molecule has 224 valence electrons. The van der Waals surface area contributed by atoms with Crippen LogP contribution in [0.5, 0.6) is 0 Å². The summed E-state index contributed by atoms with van der Waals surface area (Å²) >= 11 is 6.07. The number of amides is 3. The predicted molar refractivity (Wildman–Crippen MR) is 163 cm³/mol. The lowest BCUT2D eigenvalue weighted by atomic mass is 9.63. The Labute approximate surface area is 251 Å². The van der Waals surface area contributed by atoms with Crippen LogP contribution >= 0.6 is 24.0 Å². The molecule has 9 heteroatoms. The number of nitrogens with zero attached hydrogens (tertiary/aromatic N) is 1. The molecular formula is C31H48Cl2N4O3. The number of likely N-dealkylation sites (tertiary alicyclic amines) is 1. The zero-order valence-corrected chi connectivity index (χ0v) is 26.0. The standard InChI is InChI=1S/C31H47ClN4O3.ClH/c1-30(2,3)35-29(39)31(23-8-5-4-6-9-23)15-18-36(19-16-31)27(37)21-25(20-22-11-13-24(32)14-12-22)34-28(38)26-10-7-17-33-26;/h11-14,23,25-26,33H,4-10,15-21H2,1-3H3,(H,34,38)(H,35,39);1H/t25-,26-;/m1./s1. The second-order valence-corrected chi connectivity index (χ2v) is 13.4. The lowest BCUT2D eigenvalue weighted by molar-refractivity contribution is -0.146. The summed E-state index contributed by atoms with van der Waals surface area (Å²) in [5, 5.41) is 10.4. The van der Waals surface area contributed by atoms with Crippen molar-refractivity contribution in [2.45, 2.75) is 109 Å². The van der Waals surface area contributed by atoms with Gasteiger partial charge in [-0.1, -0.05) is 43.0 Å². The Balaban J connectivity index is 0.00000441. The third kappa shape index (κ3) is 8.59. The van der Waals surface area contributed by atoms with Crippen LogP contribution in [0, 0.1) is 11.3 Å². The number of nitrogens with one attached hydrogen (secondary N) is 3. The molecule has 1 saturated carbocycles. The Morgan fingerprint density at radius 3 is 2.25 bits per heavy atom. The first-order valence-corrected chi connectivity index (χ1v) is 15.3. The predicted octanol–water partition coefficient (Wildman–Crippen LogP) is 5.04. The van der Waals surface area contributed by atoms with Gasteiger partial charge in [0.25, 0.3) is 0 Å². The van der Waals surface area contributed by atoms with Crippen molar-refractivity contribution in [2.24, 2.45) is 11.3 Å². The van der Waals surface area contributed by atoms with Crippen molar-refractivity contribution in [3.8, 4) is 0 Å². The minimum atomic E-state index is -0.407. The molecule has 0 bridgehead atoms. The van der Waals surface area contributed by atoms with Crippen molar-refractivity contribution in [1.29, 1.82) is 0 Å². The lowest BCUT2D eigenvalue weighted by Crippen LogP contribution is -2.57. The first-order chi connectivity index (χ1) is 18.6. The van der Waals surface area contributed by atoms with Gasteiger partial charge in [-0.15, -0.1) is 12.4 Å². The number of benzene rings is 1. The molecule has 2 aliphatic heterocycles. The van der Waals surface area contributed by atoms with Crippen LogP contribution < -0.4 is 16.0 Å². The lowest BCUT2D eigenvalue weighted by Gasteiger charge is -2.47. The summed E-state index contributed by atoms with van der Waals surface area (Å²) in [4.78, 5) is 42.1. The minimum absolute atomic E-state index is 0. The summed E-state index contributed by atoms with van der Waals surface area (Å²) in [6.07, 6.45) is 9.80. The summed E-state index contributed by atoms with van der Waals surface area (Å²) in [7, 11) is 0. The summed E-state index contributed by atoms with van der Waals surface area (Å²) in [6.45, 7) is 8.12. The Bertz CT molecular complexity index is 991. The van der Waals surface area contributed by atoms with Crippen molar-refractivity contribution < 1.29 is 14.4 Å². The molecule has 2 saturated heterocycles. The van der Waals surface area contributed by atoms with Crippen molar-refractivity contribution in [1.82, 2.24) is 20.9 Å². The topological polar surface area (TPSA) is 90.5 Å². The van der Waals surface area contributed by atoms with Crippen LogP contribution in [0.3, 0.4) is 0 Å². The van der Waals surface area contributed by atoms with E-state index in [9.17, 15) is 14.4 Å². The molecule has 1 aliphatic carbocycles. The molecule has 0 aromatic heterocycles. The van der Waals surface area contributed by atoms with Crippen LogP contribution in [0.4, 0.5) is 0 Å². The van der Waals surface area contributed by atoms with Crippen molar-refractivity contribution in [3.63, 3.8) is 0 Å². The monoisotopic (exact) mass is 594 g/mol. The third-order valence-corrected chi connectivity index (χ3v) is 9.13. The highest BCUT2D eigenvalue weighted by Gasteiger charge is 2.48. The number of hydrogen-bond donors (Lipinski definition) is 3. The number of halogens is 2. The maximum absolute atomic E-state index is 13.7. The number of rotatable bonds is 8. The van der Waals surface area contributed by atoms with Crippen LogP contribution in [0.25, 0.3) is 0 Å². The van der Waals surface area contributed by atoms with E-state index in [0.29, 0.717) is 43.3 Å². The minimum Gasteiger partial charge on any atom is -0.351 e. The third-order valence-electron chi connectivity index (χ3n) is 8.88. The van der Waals surface area contributed by atoms with Crippen LogP contribution in [-0.4, -0.2) is 59.9 Å². The maximum Gasteiger partial charge on any atom is 0.237 e. The normalized spacial score (nSPS) is 22.2. The van der Waals surface area contributed by atoms with Gasteiger partial charge in [0.2, 0.25) is 17.7 Å². The smallest absolute Gasteiger partial charge is 0.237 e. The van der Waals surface area contributed by atoms with Gasteiger partial charge in [0.05, 0.1) is 11.5 Å². The Morgan fingerprint density at radius 2 is 1.68 bits per heavy atom. The van der Waals surface area contributed by atoms with Gasteiger partial charge >= 0.3 is 0 Å². The van der Waals surface area contributed by atoms with Gasteiger partial charge in [-0.25, -0.2) is 0 Å². The molecule has 2 atom stereocenters. The summed E-state index contributed by atoms with van der Waals surface area (Å²) in [5.74, 6) is 0.544. The number of hydrogen-bond acceptors (Lipinski definition) is 4. The molecule has 3 amide bonds. The average molecular weight is 596 g/mol. The molecule has 2 heterocycles. The van der Waals surface area contributed by atoms with Crippen molar-refractivity contribution in [3.05, 3.63) is 34.9 Å². The quantitative estimate of drug-likeness (QED) is 0.393. The van der Waals surface area contributed by atoms with Crippen LogP contribution in [0.1, 0.15) is 90.5 Å². The molecule has 3 fully saturated rings. The number of piperidine rings is 1. The second kappa shape index (κ2) is 14.4. The van der Waals surface area contributed by atoms with E-state index in [2.05, 4.69) is 16.0 Å². The molecule has 1 aromatic rings. The van der Waals surface area contributed by atoms with Crippen LogP contribution in [0.2, 0.25) is 5.02 Å². The van der Waals surface area contributed by atoms with Gasteiger partial charge in [-0.2, -0.15) is 0 Å². The molecule has 1 aromatic carbocycles. The van der Waals surface area contributed by atoms with Gasteiger partial charge < -0.3 is 20.9 Å². The van der Waals surface area contributed by atoms with Crippen molar-refractivity contribution in [2.75, 3.05) is 19.6 Å². The highest BCUT2D eigenvalue weighted by molar-refractivity contribution is 6.30. The summed E-state index contributed by atoms with van der Waals surface area (Å²) < 4.78 is 0. The SMILES string of the molecule is CC(C)(C)NC(=O)C1(C2CCCCC2)CCN(C(=O)C[C@@H](Cc2ccc(Cl)cc2)NC(=O)[C@H]2CCCN2)CC1.Cl. The van der Waals surface area contributed by atoms with E-state index >= 15 is 0 Å². The van der Waals surface area contributed by atoms with Gasteiger partial charge in [0, 0.05) is 36.1 Å². The molecule has 4 rings (SSSR count). The van der Waals surface area contributed by atoms with Gasteiger partial charge in [-0.3, -0.25) is 14.4 Å². The highest BCUT2D eigenvalue weighted by atomic mass is 35.5. The summed E-state index contributed by atoms with van der Waals surface area (Å²) in [5.41, 5.74) is 0.341. The average Bonchev–Trinajstić information content (AvgIpc) is 3.45. The fourth-order valence-corrected chi connectivity index (χ4v) is 6.85. The first-order valence-electron chi connectivity index (χ1n) is 14.9. The van der Waals surface area contributed by atoms with Crippen LogP contribution in [0.15, 0.2) is 24.3 Å².